The number of nitrogens with two attached hydrogens (primary N) is 1. The van der Waals surface area contributed by atoms with Crippen LogP contribution in [0.5, 0.6) is 0 Å². The molecular weight excluding hydrogens is 174 g/mol. The van der Waals surface area contributed by atoms with Gasteiger partial charge in [0.1, 0.15) is 11.6 Å². The van der Waals surface area contributed by atoms with E-state index in [4.69, 9.17) is 5.73 Å². The lowest BCUT2D eigenvalue weighted by molar-refractivity contribution is 1.32. The first-order valence-electron chi connectivity index (χ1n) is 4.39. The Labute approximate surface area is 82.6 Å². The SMILES string of the molecule is Nc1cccc(Nc2ccccc2)n1. The van der Waals surface area contributed by atoms with E-state index in [1.807, 2.05) is 42.5 Å². The summed E-state index contributed by atoms with van der Waals surface area (Å²) in [6, 6.07) is 15.4. The highest BCUT2D eigenvalue weighted by Crippen LogP contribution is 2.14. The largest absolute Gasteiger partial charge is 0.384 e. The first-order valence-corrected chi connectivity index (χ1v) is 4.39. The molecule has 3 N–H and O–H groups in total. The maximum Gasteiger partial charge on any atom is 0.132 e. The number of aromatic nitrogens is 1. The average molecular weight is 185 g/mol. The molecule has 0 fully saturated rings. The average Bonchev–Trinajstić information content (AvgIpc) is 2.19. The molecule has 14 heavy (non-hydrogen) atoms. The highest BCUT2D eigenvalue weighted by molar-refractivity contribution is 5.57. The third kappa shape index (κ3) is 2.01. The second-order valence-corrected chi connectivity index (χ2v) is 2.94. The predicted molar refractivity (Wildman–Crippen MR) is 58.4 cm³/mol. The van der Waals surface area contributed by atoms with Gasteiger partial charge in [-0.15, -0.1) is 0 Å². The lowest BCUT2D eigenvalue weighted by Crippen LogP contribution is -1.96. The first kappa shape index (κ1) is 8.56. The van der Waals surface area contributed by atoms with Gasteiger partial charge in [0.05, 0.1) is 0 Å². The van der Waals surface area contributed by atoms with Crippen LogP contribution in [0.25, 0.3) is 0 Å². The zero-order valence-corrected chi connectivity index (χ0v) is 7.64. The van der Waals surface area contributed by atoms with Crippen LogP contribution in [0.3, 0.4) is 0 Å². The van der Waals surface area contributed by atoms with E-state index in [-0.39, 0.29) is 0 Å². The molecule has 0 aliphatic carbocycles. The molecule has 2 aromatic rings. The fourth-order valence-corrected chi connectivity index (χ4v) is 1.19. The number of pyridine rings is 1. The van der Waals surface area contributed by atoms with Crippen molar-refractivity contribution in [3.05, 3.63) is 48.5 Å². The molecule has 0 radical (unpaired) electrons. The Hall–Kier alpha value is -2.03. The lowest BCUT2D eigenvalue weighted by atomic mass is 10.3. The molecule has 0 spiro atoms. The first-order chi connectivity index (χ1) is 6.84. The third-order valence-electron chi connectivity index (χ3n) is 1.82. The molecule has 70 valence electrons. The van der Waals surface area contributed by atoms with Crippen molar-refractivity contribution in [2.24, 2.45) is 0 Å². The lowest BCUT2D eigenvalue weighted by Gasteiger charge is -2.04. The van der Waals surface area contributed by atoms with Crippen LogP contribution in [0.2, 0.25) is 0 Å². The molecule has 1 aromatic heterocycles. The molecule has 2 rings (SSSR count). The minimum atomic E-state index is 0.519. The highest BCUT2D eigenvalue weighted by atomic mass is 15.0. The molecular formula is C11H11N3. The summed E-state index contributed by atoms with van der Waals surface area (Å²) in [6.45, 7) is 0. The fraction of sp³-hybridized carbons (Fsp3) is 0. The summed E-state index contributed by atoms with van der Waals surface area (Å²) in [5, 5.41) is 3.15. The van der Waals surface area contributed by atoms with Gasteiger partial charge in [-0.1, -0.05) is 24.3 Å². The van der Waals surface area contributed by atoms with Crippen LogP contribution in [-0.2, 0) is 0 Å². The second-order valence-electron chi connectivity index (χ2n) is 2.94. The summed E-state index contributed by atoms with van der Waals surface area (Å²) in [6.07, 6.45) is 0. The van der Waals surface area contributed by atoms with Crippen molar-refractivity contribution < 1.29 is 0 Å². The monoisotopic (exact) mass is 185 g/mol. The molecule has 0 saturated heterocycles. The van der Waals surface area contributed by atoms with Crippen molar-refractivity contribution >= 4 is 17.3 Å². The van der Waals surface area contributed by atoms with Gasteiger partial charge in [0.15, 0.2) is 0 Å². The van der Waals surface area contributed by atoms with E-state index in [0.29, 0.717) is 5.82 Å². The van der Waals surface area contributed by atoms with Crippen LogP contribution in [-0.4, -0.2) is 4.98 Å². The number of hydrogen-bond acceptors (Lipinski definition) is 3. The highest BCUT2D eigenvalue weighted by Gasteiger charge is 1.94. The molecule has 0 atom stereocenters. The Balaban J connectivity index is 2.19. The summed E-state index contributed by atoms with van der Waals surface area (Å²) in [7, 11) is 0. The number of hydrogen-bond donors (Lipinski definition) is 2. The van der Waals surface area contributed by atoms with E-state index in [0.717, 1.165) is 11.5 Å². The minimum absolute atomic E-state index is 0.519. The predicted octanol–water partition coefficient (Wildman–Crippen LogP) is 2.41. The molecule has 0 amide bonds. The smallest absolute Gasteiger partial charge is 0.132 e. The Morgan fingerprint density at radius 2 is 1.71 bits per heavy atom. The van der Waals surface area contributed by atoms with Crippen molar-refractivity contribution in [3.63, 3.8) is 0 Å². The zero-order chi connectivity index (χ0) is 9.80. The molecule has 3 nitrogen and oxygen atoms in total. The molecule has 0 bridgehead atoms. The number of benzene rings is 1. The van der Waals surface area contributed by atoms with E-state index >= 15 is 0 Å². The maximum atomic E-state index is 5.56. The second kappa shape index (κ2) is 3.79. The summed E-state index contributed by atoms with van der Waals surface area (Å²) < 4.78 is 0. The number of para-hydroxylation sites is 1. The van der Waals surface area contributed by atoms with E-state index in [1.165, 1.54) is 0 Å². The number of anilines is 3. The fourth-order valence-electron chi connectivity index (χ4n) is 1.19. The Bertz CT molecular complexity index is 412. The van der Waals surface area contributed by atoms with Gasteiger partial charge in [-0.05, 0) is 24.3 Å². The molecule has 3 heteroatoms. The Morgan fingerprint density at radius 1 is 0.929 bits per heavy atom. The summed E-state index contributed by atoms with van der Waals surface area (Å²) in [5.74, 6) is 1.28. The molecule has 1 aromatic carbocycles. The molecule has 0 aliphatic rings. The number of nitrogen functional groups attached to an aromatic ring is 1. The van der Waals surface area contributed by atoms with Crippen molar-refractivity contribution in [1.29, 1.82) is 0 Å². The van der Waals surface area contributed by atoms with Gasteiger partial charge in [-0.2, -0.15) is 0 Å². The van der Waals surface area contributed by atoms with Gasteiger partial charge >= 0.3 is 0 Å². The van der Waals surface area contributed by atoms with E-state index < -0.39 is 0 Å². The van der Waals surface area contributed by atoms with Gasteiger partial charge in [-0.3, -0.25) is 0 Å². The Kier molecular flexibility index (Phi) is 2.32. The summed E-state index contributed by atoms with van der Waals surface area (Å²) in [5.41, 5.74) is 6.57. The standard InChI is InChI=1S/C11H11N3/c12-10-7-4-8-11(14-10)13-9-5-2-1-3-6-9/h1-8H,(H3,12,13,14). The Morgan fingerprint density at radius 3 is 2.43 bits per heavy atom. The zero-order valence-electron chi connectivity index (χ0n) is 7.64. The topological polar surface area (TPSA) is 50.9 Å². The minimum Gasteiger partial charge on any atom is -0.384 e. The van der Waals surface area contributed by atoms with E-state index in [9.17, 15) is 0 Å². The van der Waals surface area contributed by atoms with Crippen LogP contribution < -0.4 is 11.1 Å². The van der Waals surface area contributed by atoms with Gasteiger partial charge in [0.2, 0.25) is 0 Å². The third-order valence-corrected chi connectivity index (χ3v) is 1.82. The van der Waals surface area contributed by atoms with Gasteiger partial charge in [0, 0.05) is 5.69 Å². The van der Waals surface area contributed by atoms with Crippen molar-refractivity contribution in [2.75, 3.05) is 11.1 Å². The number of rotatable bonds is 2. The number of nitrogens with one attached hydrogen (secondary N) is 1. The van der Waals surface area contributed by atoms with Crippen LogP contribution in [0.15, 0.2) is 48.5 Å². The van der Waals surface area contributed by atoms with E-state index in [2.05, 4.69) is 10.3 Å². The van der Waals surface area contributed by atoms with Crippen LogP contribution in [0.4, 0.5) is 17.3 Å². The normalized spacial score (nSPS) is 9.71. The van der Waals surface area contributed by atoms with Crippen molar-refractivity contribution in [2.45, 2.75) is 0 Å². The maximum absolute atomic E-state index is 5.56. The van der Waals surface area contributed by atoms with Gasteiger partial charge < -0.3 is 11.1 Å². The summed E-state index contributed by atoms with van der Waals surface area (Å²) >= 11 is 0. The van der Waals surface area contributed by atoms with Crippen LogP contribution >= 0.6 is 0 Å². The van der Waals surface area contributed by atoms with E-state index in [1.54, 1.807) is 6.07 Å². The van der Waals surface area contributed by atoms with Crippen molar-refractivity contribution in [1.82, 2.24) is 4.98 Å². The van der Waals surface area contributed by atoms with Crippen molar-refractivity contribution in [3.8, 4) is 0 Å². The van der Waals surface area contributed by atoms with Gasteiger partial charge in [0.25, 0.3) is 0 Å². The molecule has 0 unspecified atom stereocenters. The molecule has 0 saturated carbocycles. The quantitative estimate of drug-likeness (QED) is 0.755. The number of nitrogens with zero attached hydrogens (tertiary/aromatic N) is 1. The summed E-state index contributed by atoms with van der Waals surface area (Å²) in [4.78, 5) is 4.14. The van der Waals surface area contributed by atoms with Gasteiger partial charge in [-0.25, -0.2) is 4.98 Å². The van der Waals surface area contributed by atoms with Crippen LogP contribution in [0, 0.1) is 0 Å². The molecule has 0 aliphatic heterocycles. The van der Waals surface area contributed by atoms with Crippen LogP contribution in [0.1, 0.15) is 0 Å². The molecule has 1 heterocycles.